The highest BCUT2D eigenvalue weighted by Crippen LogP contribution is 2.27. The van der Waals surface area contributed by atoms with Gasteiger partial charge >= 0.3 is 0 Å². The number of amides is 2. The van der Waals surface area contributed by atoms with Gasteiger partial charge in [-0.25, -0.2) is 4.98 Å². The molecule has 2 aromatic heterocycles. The van der Waals surface area contributed by atoms with Crippen LogP contribution in [0.25, 0.3) is 6.08 Å². The lowest BCUT2D eigenvalue weighted by atomic mass is 10.0. The maximum Gasteiger partial charge on any atom is 0.255 e. The molecule has 0 bridgehead atoms. The van der Waals surface area contributed by atoms with Crippen LogP contribution in [0.2, 0.25) is 0 Å². The van der Waals surface area contributed by atoms with E-state index in [1.165, 1.54) is 16.2 Å². The van der Waals surface area contributed by atoms with Crippen LogP contribution >= 0.6 is 11.3 Å². The van der Waals surface area contributed by atoms with E-state index in [9.17, 15) is 19.8 Å². The zero-order valence-corrected chi connectivity index (χ0v) is 20.6. The first kappa shape index (κ1) is 23.7. The van der Waals surface area contributed by atoms with Gasteiger partial charge in [-0.05, 0) is 62.0 Å². The molecule has 0 fully saturated rings. The van der Waals surface area contributed by atoms with Crippen LogP contribution in [0.4, 0.5) is 0 Å². The van der Waals surface area contributed by atoms with Crippen LogP contribution in [0.1, 0.15) is 46.2 Å². The summed E-state index contributed by atoms with van der Waals surface area (Å²) in [5.41, 5.74) is 4.57. The minimum atomic E-state index is -1.82. The number of hydrogen-bond acceptors (Lipinski definition) is 6. The molecule has 2 atom stereocenters. The van der Waals surface area contributed by atoms with Crippen molar-refractivity contribution < 1.29 is 19.8 Å². The Morgan fingerprint density at radius 3 is 2.69 bits per heavy atom. The summed E-state index contributed by atoms with van der Waals surface area (Å²) in [6.07, 6.45) is 8.55. The highest BCUT2D eigenvalue weighted by Gasteiger charge is 2.36. The third-order valence-corrected chi connectivity index (χ3v) is 7.92. The number of nitrogens with one attached hydrogen (secondary N) is 1. The van der Waals surface area contributed by atoms with Crippen molar-refractivity contribution in [2.45, 2.75) is 57.9 Å². The van der Waals surface area contributed by atoms with Gasteiger partial charge in [-0.15, -0.1) is 11.3 Å². The average Bonchev–Trinajstić information content (AvgIpc) is 3.58. The lowest BCUT2D eigenvalue weighted by molar-refractivity contribution is -0.152. The monoisotopic (exact) mass is 494 g/mol. The molecule has 0 aromatic carbocycles. The van der Waals surface area contributed by atoms with Crippen LogP contribution in [0.15, 0.2) is 41.5 Å². The Hall–Kier alpha value is -3.01. The topological polar surface area (TPSA) is 108 Å². The second-order valence-electron chi connectivity index (χ2n) is 9.26. The van der Waals surface area contributed by atoms with Crippen LogP contribution in [0.3, 0.4) is 0 Å². The number of carbonyl (C=O) groups excluding carboxylic acids is 2. The average molecular weight is 495 g/mol. The quantitative estimate of drug-likeness (QED) is 0.546. The first-order valence-corrected chi connectivity index (χ1v) is 12.8. The number of aliphatic hydroxyl groups is 2. The normalized spacial score (nSPS) is 18.4. The number of aromatic nitrogens is 2. The van der Waals surface area contributed by atoms with Gasteiger partial charge in [0.1, 0.15) is 5.82 Å². The summed E-state index contributed by atoms with van der Waals surface area (Å²) in [5.74, 6) is -0.400. The number of thiophene rings is 1. The number of hydrogen-bond donors (Lipinski definition) is 3. The van der Waals surface area contributed by atoms with Crippen molar-refractivity contribution in [3.05, 3.63) is 68.5 Å². The molecule has 9 heteroatoms. The summed E-state index contributed by atoms with van der Waals surface area (Å²) >= 11 is 1.58. The van der Waals surface area contributed by atoms with Crippen molar-refractivity contribution in [2.75, 3.05) is 13.1 Å². The minimum absolute atomic E-state index is 0.218. The highest BCUT2D eigenvalue weighted by atomic mass is 32.1. The van der Waals surface area contributed by atoms with E-state index in [0.29, 0.717) is 13.1 Å². The molecule has 0 spiro atoms. The molecule has 1 aliphatic heterocycles. The van der Waals surface area contributed by atoms with Crippen LogP contribution in [-0.2, 0) is 29.1 Å². The number of aliphatic hydroxyl groups excluding tert-OH is 2. The molecule has 0 saturated carbocycles. The molecule has 5 rings (SSSR count). The smallest absolute Gasteiger partial charge is 0.255 e. The van der Waals surface area contributed by atoms with E-state index in [-0.39, 0.29) is 6.54 Å². The molecule has 0 saturated heterocycles. The van der Waals surface area contributed by atoms with Crippen LogP contribution < -0.4 is 5.32 Å². The Balaban J connectivity index is 1.14. The standard InChI is InChI=1S/C26H30N4O4S/c1-16-28-21-8-4-5-9-22(21)30(16)15-20-11-10-19(35-20)12-27-25(33)23(31)24(32)26(34)29-13-17-6-2-3-7-18(17)14-29/h2,4,6,8,10-11,23-24,31-32H,3,5,7,9,12-15H2,1H3,(H,27,33). The SMILES string of the molecule is Cc1nc2c(n1Cc1ccc(CNC(=O)C(O)C(O)C(=O)N3CC4=C(CCC=C4)C3)s1)CCC=C2. The third-order valence-electron chi connectivity index (χ3n) is 6.85. The van der Waals surface area contributed by atoms with Gasteiger partial charge in [-0.1, -0.05) is 18.2 Å². The summed E-state index contributed by atoms with van der Waals surface area (Å²) in [7, 11) is 0. The summed E-state index contributed by atoms with van der Waals surface area (Å²) in [4.78, 5) is 33.4. The fourth-order valence-electron chi connectivity index (χ4n) is 4.91. The van der Waals surface area contributed by atoms with Gasteiger partial charge in [0.15, 0.2) is 12.2 Å². The molecule has 2 aromatic rings. The van der Waals surface area contributed by atoms with Gasteiger partial charge in [0, 0.05) is 28.5 Å². The summed E-state index contributed by atoms with van der Waals surface area (Å²) < 4.78 is 2.24. The molecular formula is C26H30N4O4S. The molecule has 3 N–H and O–H groups in total. The number of aryl methyl sites for hydroxylation is 1. The highest BCUT2D eigenvalue weighted by molar-refractivity contribution is 7.11. The molecule has 2 unspecified atom stereocenters. The molecule has 3 heterocycles. The lowest BCUT2D eigenvalue weighted by Crippen LogP contribution is -2.50. The fourth-order valence-corrected chi connectivity index (χ4v) is 5.86. The first-order valence-electron chi connectivity index (χ1n) is 12.0. The molecule has 35 heavy (non-hydrogen) atoms. The van der Waals surface area contributed by atoms with Gasteiger partial charge in [0.25, 0.3) is 11.8 Å². The first-order chi connectivity index (χ1) is 16.9. The Morgan fingerprint density at radius 1 is 1.09 bits per heavy atom. The van der Waals surface area contributed by atoms with Crippen molar-refractivity contribution >= 4 is 29.2 Å². The third kappa shape index (κ3) is 4.89. The Bertz CT molecular complexity index is 1240. The van der Waals surface area contributed by atoms with Gasteiger partial charge in [-0.2, -0.15) is 0 Å². The maximum atomic E-state index is 12.7. The minimum Gasteiger partial charge on any atom is -0.380 e. The molecular weight excluding hydrogens is 464 g/mol. The molecule has 2 amide bonds. The number of rotatable bonds is 7. The second kappa shape index (κ2) is 9.93. The summed E-state index contributed by atoms with van der Waals surface area (Å²) in [6, 6.07) is 3.98. The number of carbonyl (C=O) groups is 2. The zero-order chi connectivity index (χ0) is 24.5. The fraction of sp³-hybridized carbons (Fsp3) is 0.423. The molecule has 0 radical (unpaired) electrons. The summed E-state index contributed by atoms with van der Waals surface area (Å²) in [5, 5.41) is 23.3. The van der Waals surface area contributed by atoms with Gasteiger partial charge in [-0.3, -0.25) is 9.59 Å². The van der Waals surface area contributed by atoms with Crippen LogP contribution in [0, 0.1) is 6.92 Å². The van der Waals surface area contributed by atoms with Crippen molar-refractivity contribution in [3.8, 4) is 0 Å². The van der Waals surface area contributed by atoms with E-state index in [1.807, 2.05) is 25.1 Å². The number of imidazole rings is 1. The number of allylic oxidation sites excluding steroid dienone is 2. The van der Waals surface area contributed by atoms with Gasteiger partial charge < -0.3 is 25.0 Å². The largest absolute Gasteiger partial charge is 0.380 e. The van der Waals surface area contributed by atoms with E-state index < -0.39 is 24.0 Å². The van der Waals surface area contributed by atoms with E-state index in [4.69, 9.17) is 0 Å². The predicted molar refractivity (Wildman–Crippen MR) is 134 cm³/mol. The molecule has 2 aliphatic carbocycles. The van der Waals surface area contributed by atoms with Gasteiger partial charge in [0.05, 0.1) is 18.8 Å². The molecule has 184 valence electrons. The van der Waals surface area contributed by atoms with E-state index >= 15 is 0 Å². The Kier molecular flexibility index (Phi) is 6.73. The van der Waals surface area contributed by atoms with Crippen molar-refractivity contribution in [2.24, 2.45) is 0 Å². The number of nitrogens with zero attached hydrogens (tertiary/aromatic N) is 3. The van der Waals surface area contributed by atoms with Crippen LogP contribution in [-0.4, -0.2) is 61.8 Å². The van der Waals surface area contributed by atoms with Crippen molar-refractivity contribution in [3.63, 3.8) is 0 Å². The van der Waals surface area contributed by atoms with E-state index in [2.05, 4.69) is 33.1 Å². The van der Waals surface area contributed by atoms with Crippen molar-refractivity contribution in [1.82, 2.24) is 19.8 Å². The Morgan fingerprint density at radius 2 is 1.86 bits per heavy atom. The second-order valence-corrected chi connectivity index (χ2v) is 10.5. The van der Waals surface area contributed by atoms with Crippen molar-refractivity contribution in [1.29, 1.82) is 0 Å². The lowest BCUT2D eigenvalue weighted by Gasteiger charge is -2.23. The van der Waals surface area contributed by atoms with E-state index in [0.717, 1.165) is 59.1 Å². The van der Waals surface area contributed by atoms with Gasteiger partial charge in [0.2, 0.25) is 0 Å². The zero-order valence-electron chi connectivity index (χ0n) is 19.7. The number of fused-ring (bicyclic) bond motifs is 1. The maximum absolute atomic E-state index is 12.7. The summed E-state index contributed by atoms with van der Waals surface area (Å²) in [6.45, 7) is 3.80. The Labute approximate surface area is 208 Å². The predicted octanol–water partition coefficient (Wildman–Crippen LogP) is 2.09. The van der Waals surface area contributed by atoms with E-state index in [1.54, 1.807) is 11.3 Å². The molecule has 3 aliphatic rings. The molecule has 8 nitrogen and oxygen atoms in total. The van der Waals surface area contributed by atoms with Crippen LogP contribution in [0.5, 0.6) is 0 Å².